The monoisotopic (exact) mass is 348 g/mol. The van der Waals surface area contributed by atoms with Gasteiger partial charge in [-0.1, -0.05) is 0 Å². The smallest absolute Gasteiger partial charge is 0.240 e. The molecule has 1 aromatic rings. The molecule has 1 fully saturated rings. The second-order valence-electron chi connectivity index (χ2n) is 4.59. The van der Waals surface area contributed by atoms with Crippen LogP contribution in [-0.4, -0.2) is 28.2 Å². The van der Waals surface area contributed by atoms with E-state index >= 15 is 0 Å². The predicted octanol–water partition coefficient (Wildman–Crippen LogP) is 1.74. The van der Waals surface area contributed by atoms with Crippen molar-refractivity contribution >= 4 is 31.6 Å². The Morgan fingerprint density at radius 2 is 2.05 bits per heavy atom. The van der Waals surface area contributed by atoms with Gasteiger partial charge in [-0.3, -0.25) is 0 Å². The van der Waals surface area contributed by atoms with Gasteiger partial charge in [-0.25, -0.2) is 13.1 Å². The van der Waals surface area contributed by atoms with Crippen LogP contribution in [0.15, 0.2) is 27.6 Å². The highest BCUT2D eigenvalue weighted by Crippen LogP contribution is 2.23. The van der Waals surface area contributed by atoms with Gasteiger partial charge in [0.1, 0.15) is 0 Å². The molecule has 0 saturated carbocycles. The number of nitrogens with one attached hydrogen (secondary N) is 1. The van der Waals surface area contributed by atoms with E-state index in [0.717, 1.165) is 12.8 Å². The lowest BCUT2D eigenvalue weighted by atomic mass is 10.0. The zero-order chi connectivity index (χ0) is 13.9. The van der Waals surface area contributed by atoms with Crippen LogP contribution in [0.4, 0.5) is 5.69 Å². The van der Waals surface area contributed by atoms with Crippen LogP contribution < -0.4 is 10.5 Å². The minimum atomic E-state index is -3.48. The first-order chi connectivity index (χ1) is 8.99. The third kappa shape index (κ3) is 3.92. The zero-order valence-corrected chi connectivity index (χ0v) is 12.8. The molecule has 0 aromatic heterocycles. The van der Waals surface area contributed by atoms with Crippen LogP contribution in [0.3, 0.4) is 0 Å². The normalized spacial score (nSPS) is 17.5. The molecule has 0 radical (unpaired) electrons. The molecule has 2 rings (SSSR count). The molecule has 1 heterocycles. The van der Waals surface area contributed by atoms with Crippen LogP contribution in [0, 0.1) is 5.92 Å². The summed E-state index contributed by atoms with van der Waals surface area (Å²) in [6.45, 7) is 1.87. The minimum absolute atomic E-state index is 0.223. The van der Waals surface area contributed by atoms with E-state index in [2.05, 4.69) is 20.7 Å². The summed E-state index contributed by atoms with van der Waals surface area (Å²) >= 11 is 3.23. The fourth-order valence-corrected chi connectivity index (χ4v) is 3.61. The van der Waals surface area contributed by atoms with Crippen molar-refractivity contribution in [2.45, 2.75) is 17.7 Å². The first kappa shape index (κ1) is 14.8. The molecule has 1 saturated heterocycles. The third-order valence-electron chi connectivity index (χ3n) is 3.19. The summed E-state index contributed by atoms with van der Waals surface area (Å²) in [5, 5.41) is 0. The molecule has 0 aliphatic carbocycles. The molecule has 1 aliphatic rings. The second-order valence-corrected chi connectivity index (χ2v) is 7.21. The number of sulfonamides is 1. The zero-order valence-electron chi connectivity index (χ0n) is 10.4. The third-order valence-corrected chi connectivity index (χ3v) is 5.29. The van der Waals surface area contributed by atoms with Crippen LogP contribution in [-0.2, 0) is 14.8 Å². The number of hydrogen-bond donors (Lipinski definition) is 2. The molecule has 0 atom stereocenters. The van der Waals surface area contributed by atoms with Gasteiger partial charge in [0.05, 0.1) is 4.90 Å². The molecule has 0 amide bonds. The number of benzene rings is 1. The molecular weight excluding hydrogens is 332 g/mol. The summed E-state index contributed by atoms with van der Waals surface area (Å²) in [6, 6.07) is 4.60. The van der Waals surface area contributed by atoms with Crippen molar-refractivity contribution in [2.24, 2.45) is 5.92 Å². The topological polar surface area (TPSA) is 81.4 Å². The average Bonchev–Trinajstić information content (AvgIpc) is 2.41. The molecule has 0 bridgehead atoms. The summed E-state index contributed by atoms with van der Waals surface area (Å²) in [6.07, 6.45) is 1.79. The summed E-state index contributed by atoms with van der Waals surface area (Å²) in [5.41, 5.74) is 6.16. The van der Waals surface area contributed by atoms with Crippen molar-refractivity contribution < 1.29 is 13.2 Å². The Balaban J connectivity index is 2.02. The second kappa shape index (κ2) is 6.21. The standard InChI is InChI=1S/C12H17BrN2O3S/c13-11-7-10(1-2-12(11)14)19(16,17)15-8-9-3-5-18-6-4-9/h1-2,7,9,15H,3-6,8,14H2. The van der Waals surface area contributed by atoms with Gasteiger partial charge in [0, 0.05) is 29.9 Å². The lowest BCUT2D eigenvalue weighted by Gasteiger charge is -2.22. The Labute approximate surface area is 121 Å². The minimum Gasteiger partial charge on any atom is -0.398 e. The Morgan fingerprint density at radius 3 is 2.68 bits per heavy atom. The van der Waals surface area contributed by atoms with Crippen LogP contribution in [0.25, 0.3) is 0 Å². The van der Waals surface area contributed by atoms with Crippen molar-refractivity contribution in [1.82, 2.24) is 4.72 Å². The summed E-state index contributed by atoms with van der Waals surface area (Å²) in [5.74, 6) is 0.348. The van der Waals surface area contributed by atoms with Crippen molar-refractivity contribution in [3.05, 3.63) is 22.7 Å². The van der Waals surface area contributed by atoms with E-state index < -0.39 is 10.0 Å². The number of nitrogens with two attached hydrogens (primary N) is 1. The number of halogens is 1. The Kier molecular flexibility index (Phi) is 4.83. The summed E-state index contributed by atoms with van der Waals surface area (Å²) in [7, 11) is -3.48. The van der Waals surface area contributed by atoms with Gasteiger partial charge in [-0.2, -0.15) is 0 Å². The van der Waals surface area contributed by atoms with Crippen molar-refractivity contribution in [2.75, 3.05) is 25.5 Å². The molecule has 0 spiro atoms. The number of ether oxygens (including phenoxy) is 1. The first-order valence-corrected chi connectivity index (χ1v) is 8.39. The average molecular weight is 349 g/mol. The highest BCUT2D eigenvalue weighted by atomic mass is 79.9. The maximum atomic E-state index is 12.1. The molecule has 1 aromatic carbocycles. The van der Waals surface area contributed by atoms with E-state index in [1.54, 1.807) is 6.07 Å². The highest BCUT2D eigenvalue weighted by Gasteiger charge is 2.19. The van der Waals surface area contributed by atoms with Gasteiger partial charge in [0.25, 0.3) is 0 Å². The fourth-order valence-electron chi connectivity index (χ4n) is 1.94. The van der Waals surface area contributed by atoms with Gasteiger partial charge in [0.15, 0.2) is 0 Å². The maximum absolute atomic E-state index is 12.1. The van der Waals surface area contributed by atoms with E-state index in [9.17, 15) is 8.42 Å². The highest BCUT2D eigenvalue weighted by molar-refractivity contribution is 9.10. The van der Waals surface area contributed by atoms with Gasteiger partial charge in [0.2, 0.25) is 10.0 Å². The quantitative estimate of drug-likeness (QED) is 0.812. The first-order valence-electron chi connectivity index (χ1n) is 6.11. The lowest BCUT2D eigenvalue weighted by molar-refractivity contribution is 0.0678. The van der Waals surface area contributed by atoms with Crippen LogP contribution >= 0.6 is 15.9 Å². The van der Waals surface area contributed by atoms with Gasteiger partial charge in [-0.05, 0) is 52.9 Å². The molecule has 0 unspecified atom stereocenters. The number of rotatable bonds is 4. The maximum Gasteiger partial charge on any atom is 0.240 e. The Bertz CT molecular complexity index is 542. The molecular formula is C12H17BrN2O3S. The molecule has 1 aliphatic heterocycles. The number of hydrogen-bond acceptors (Lipinski definition) is 4. The molecule has 5 nitrogen and oxygen atoms in total. The SMILES string of the molecule is Nc1ccc(S(=O)(=O)NCC2CCOCC2)cc1Br. The van der Waals surface area contributed by atoms with Crippen molar-refractivity contribution in [3.8, 4) is 0 Å². The molecule has 7 heteroatoms. The van der Waals surface area contributed by atoms with Gasteiger partial charge >= 0.3 is 0 Å². The van der Waals surface area contributed by atoms with E-state index in [1.165, 1.54) is 12.1 Å². The van der Waals surface area contributed by atoms with Crippen LogP contribution in [0.5, 0.6) is 0 Å². The van der Waals surface area contributed by atoms with Gasteiger partial charge in [-0.15, -0.1) is 0 Å². The predicted molar refractivity (Wildman–Crippen MR) is 77.3 cm³/mol. The van der Waals surface area contributed by atoms with E-state index in [1.807, 2.05) is 0 Å². The number of nitrogen functional groups attached to an aromatic ring is 1. The number of anilines is 1. The molecule has 19 heavy (non-hydrogen) atoms. The molecule has 106 valence electrons. The molecule has 3 N–H and O–H groups in total. The fraction of sp³-hybridized carbons (Fsp3) is 0.500. The summed E-state index contributed by atoms with van der Waals surface area (Å²) in [4.78, 5) is 0.223. The van der Waals surface area contributed by atoms with E-state index in [4.69, 9.17) is 10.5 Å². The Hall–Kier alpha value is -0.630. The van der Waals surface area contributed by atoms with Crippen LogP contribution in [0.2, 0.25) is 0 Å². The largest absolute Gasteiger partial charge is 0.398 e. The van der Waals surface area contributed by atoms with Crippen molar-refractivity contribution in [1.29, 1.82) is 0 Å². The van der Waals surface area contributed by atoms with E-state index in [-0.39, 0.29) is 4.90 Å². The van der Waals surface area contributed by atoms with E-state index in [0.29, 0.717) is 35.8 Å². The summed E-state index contributed by atoms with van der Waals surface area (Å²) < 4.78 is 32.7. The Morgan fingerprint density at radius 1 is 1.37 bits per heavy atom. The van der Waals surface area contributed by atoms with Crippen molar-refractivity contribution in [3.63, 3.8) is 0 Å². The van der Waals surface area contributed by atoms with Gasteiger partial charge < -0.3 is 10.5 Å². The lowest BCUT2D eigenvalue weighted by Crippen LogP contribution is -2.32. The van der Waals surface area contributed by atoms with Crippen LogP contribution in [0.1, 0.15) is 12.8 Å².